The second-order valence-corrected chi connectivity index (χ2v) is 7.70. The molecule has 0 spiro atoms. The highest BCUT2D eigenvalue weighted by Crippen LogP contribution is 2.33. The number of para-hydroxylation sites is 1. The predicted molar refractivity (Wildman–Crippen MR) is 118 cm³/mol. The van der Waals surface area contributed by atoms with Gasteiger partial charge in [0.15, 0.2) is 0 Å². The number of carbonyl (C=O) groups is 1. The van der Waals surface area contributed by atoms with Gasteiger partial charge in [0.25, 0.3) is 0 Å². The number of benzene rings is 2. The van der Waals surface area contributed by atoms with Crippen molar-refractivity contribution in [2.45, 2.75) is 26.2 Å². The molecule has 0 saturated carbocycles. The van der Waals surface area contributed by atoms with Crippen LogP contribution in [0.5, 0.6) is 0 Å². The number of rotatable bonds is 3. The van der Waals surface area contributed by atoms with Crippen LogP contribution in [-0.2, 0) is 14.1 Å². The first-order valence-electron chi connectivity index (χ1n) is 10.0. The lowest BCUT2D eigenvalue weighted by atomic mass is 10.1. The highest BCUT2D eigenvalue weighted by atomic mass is 16.2. The number of urea groups is 1. The number of aryl methyl sites for hydroxylation is 3. The maximum atomic E-state index is 12.7. The third-order valence-corrected chi connectivity index (χ3v) is 5.73. The van der Waals surface area contributed by atoms with E-state index in [0.717, 1.165) is 53.9 Å². The van der Waals surface area contributed by atoms with Gasteiger partial charge in [-0.05, 0) is 49.9 Å². The summed E-state index contributed by atoms with van der Waals surface area (Å²) in [5.41, 5.74) is 5.03. The fraction of sp³-hybridized carbons (Fsp3) is 0.364. The van der Waals surface area contributed by atoms with Crippen LogP contribution in [0.4, 0.5) is 21.9 Å². The molecule has 0 atom stereocenters. The van der Waals surface area contributed by atoms with Crippen molar-refractivity contribution in [1.29, 1.82) is 0 Å². The fourth-order valence-corrected chi connectivity index (χ4v) is 4.02. The second-order valence-electron chi connectivity index (χ2n) is 7.70. The van der Waals surface area contributed by atoms with Crippen LogP contribution in [0.2, 0.25) is 0 Å². The maximum absolute atomic E-state index is 12.7. The van der Waals surface area contributed by atoms with Gasteiger partial charge in [-0.2, -0.15) is 0 Å². The molecule has 2 heterocycles. The first-order chi connectivity index (χ1) is 14.0. The number of imidazole rings is 1. The van der Waals surface area contributed by atoms with Crippen molar-refractivity contribution in [2.75, 3.05) is 28.6 Å². The van der Waals surface area contributed by atoms with E-state index in [4.69, 9.17) is 0 Å². The Morgan fingerprint density at radius 3 is 2.21 bits per heavy atom. The minimum Gasteiger partial charge on any atom is -0.370 e. The third-order valence-electron chi connectivity index (χ3n) is 5.73. The van der Waals surface area contributed by atoms with Gasteiger partial charge in [0.1, 0.15) is 0 Å². The minimum absolute atomic E-state index is 0.0777. The summed E-state index contributed by atoms with van der Waals surface area (Å²) in [6.45, 7) is 3.85. The Bertz CT molecular complexity index is 1120. The molecule has 1 aliphatic heterocycles. The molecule has 1 saturated heterocycles. The van der Waals surface area contributed by atoms with Crippen LogP contribution >= 0.6 is 0 Å². The summed E-state index contributed by atoms with van der Waals surface area (Å²) in [4.78, 5) is 27.4. The summed E-state index contributed by atoms with van der Waals surface area (Å²) in [5, 5.41) is 5.94. The molecule has 152 valence electrons. The van der Waals surface area contributed by atoms with Gasteiger partial charge in [0.05, 0.1) is 22.4 Å². The van der Waals surface area contributed by atoms with Gasteiger partial charge in [-0.3, -0.25) is 9.13 Å². The number of piperidine rings is 1. The molecular weight excluding hydrogens is 366 g/mol. The SMILES string of the molecule is Cc1ccccc1NC(=O)Nc1cc2c(cc1N1CCCCC1)n(C)c(=O)n2C. The van der Waals surface area contributed by atoms with Crippen LogP contribution in [0.3, 0.4) is 0 Å². The molecule has 1 aliphatic rings. The zero-order valence-corrected chi connectivity index (χ0v) is 17.2. The van der Waals surface area contributed by atoms with Crippen molar-refractivity contribution in [3.8, 4) is 0 Å². The van der Waals surface area contributed by atoms with Crippen LogP contribution in [0.1, 0.15) is 24.8 Å². The van der Waals surface area contributed by atoms with E-state index >= 15 is 0 Å². The Morgan fingerprint density at radius 1 is 0.897 bits per heavy atom. The van der Waals surface area contributed by atoms with Crippen molar-refractivity contribution < 1.29 is 4.79 Å². The lowest BCUT2D eigenvalue weighted by Crippen LogP contribution is -2.31. The second kappa shape index (κ2) is 7.66. The average Bonchev–Trinajstić information content (AvgIpc) is 2.93. The first-order valence-corrected chi connectivity index (χ1v) is 10.0. The standard InChI is InChI=1S/C22H27N5O2/c1-15-9-5-6-10-16(15)23-21(28)24-17-13-19-20(26(3)22(29)25(19)2)14-18(17)27-11-7-4-8-12-27/h5-6,9-10,13-14H,4,7-8,11-12H2,1-3H3,(H2,23,24,28). The average molecular weight is 393 g/mol. The van der Waals surface area contributed by atoms with Gasteiger partial charge in [0.2, 0.25) is 0 Å². The molecule has 0 radical (unpaired) electrons. The van der Waals surface area contributed by atoms with E-state index in [1.807, 2.05) is 43.3 Å². The normalized spacial score (nSPS) is 14.2. The van der Waals surface area contributed by atoms with Crippen molar-refractivity contribution in [3.05, 3.63) is 52.4 Å². The minimum atomic E-state index is -0.294. The Labute approximate surface area is 169 Å². The van der Waals surface area contributed by atoms with Crippen molar-refractivity contribution >= 4 is 34.1 Å². The lowest BCUT2D eigenvalue weighted by molar-refractivity contribution is 0.262. The summed E-state index contributed by atoms with van der Waals surface area (Å²) < 4.78 is 3.26. The molecular formula is C22H27N5O2. The Hall–Kier alpha value is -3.22. The fourth-order valence-electron chi connectivity index (χ4n) is 4.02. The van der Waals surface area contributed by atoms with Gasteiger partial charge in [-0.1, -0.05) is 18.2 Å². The van der Waals surface area contributed by atoms with Gasteiger partial charge >= 0.3 is 11.7 Å². The van der Waals surface area contributed by atoms with E-state index in [0.29, 0.717) is 5.69 Å². The quantitative estimate of drug-likeness (QED) is 0.711. The topological polar surface area (TPSA) is 71.3 Å². The van der Waals surface area contributed by atoms with Crippen LogP contribution in [-0.4, -0.2) is 28.3 Å². The van der Waals surface area contributed by atoms with Crippen LogP contribution in [0, 0.1) is 6.92 Å². The molecule has 0 bridgehead atoms. The molecule has 2 amide bonds. The molecule has 7 nitrogen and oxygen atoms in total. The zero-order chi connectivity index (χ0) is 20.5. The highest BCUT2D eigenvalue weighted by Gasteiger charge is 2.20. The van der Waals surface area contributed by atoms with E-state index in [9.17, 15) is 9.59 Å². The zero-order valence-electron chi connectivity index (χ0n) is 17.2. The first kappa shape index (κ1) is 19.1. The number of nitrogens with zero attached hydrogens (tertiary/aromatic N) is 3. The molecule has 0 aliphatic carbocycles. The monoisotopic (exact) mass is 393 g/mol. The molecule has 4 rings (SSSR count). The molecule has 2 aromatic carbocycles. The van der Waals surface area contributed by atoms with Crippen molar-refractivity contribution in [1.82, 2.24) is 9.13 Å². The molecule has 29 heavy (non-hydrogen) atoms. The van der Waals surface area contributed by atoms with Gasteiger partial charge in [-0.25, -0.2) is 9.59 Å². The van der Waals surface area contributed by atoms with E-state index in [1.165, 1.54) is 6.42 Å². The third kappa shape index (κ3) is 3.60. The number of carbonyl (C=O) groups excluding carboxylic acids is 1. The van der Waals surface area contributed by atoms with Crippen LogP contribution in [0.15, 0.2) is 41.2 Å². The van der Waals surface area contributed by atoms with Crippen LogP contribution in [0.25, 0.3) is 11.0 Å². The highest BCUT2D eigenvalue weighted by molar-refractivity contribution is 6.04. The van der Waals surface area contributed by atoms with Crippen molar-refractivity contribution in [3.63, 3.8) is 0 Å². The van der Waals surface area contributed by atoms with Crippen LogP contribution < -0.4 is 21.2 Å². The Kier molecular flexibility index (Phi) is 5.05. The number of fused-ring (bicyclic) bond motifs is 1. The Morgan fingerprint density at radius 2 is 1.52 bits per heavy atom. The van der Waals surface area contributed by atoms with Gasteiger partial charge in [0, 0.05) is 32.9 Å². The number of amides is 2. The van der Waals surface area contributed by atoms with Crippen molar-refractivity contribution in [2.24, 2.45) is 14.1 Å². The number of anilines is 3. The molecule has 1 aromatic heterocycles. The molecule has 3 aromatic rings. The largest absolute Gasteiger partial charge is 0.370 e. The summed E-state index contributed by atoms with van der Waals surface area (Å²) in [7, 11) is 3.53. The number of aromatic nitrogens is 2. The summed E-state index contributed by atoms with van der Waals surface area (Å²) in [5.74, 6) is 0. The van der Waals surface area contributed by atoms with E-state index in [2.05, 4.69) is 15.5 Å². The summed E-state index contributed by atoms with van der Waals surface area (Å²) in [6.07, 6.45) is 3.47. The Balaban J connectivity index is 1.72. The number of nitrogens with one attached hydrogen (secondary N) is 2. The molecule has 7 heteroatoms. The lowest BCUT2D eigenvalue weighted by Gasteiger charge is -2.30. The maximum Gasteiger partial charge on any atom is 0.328 e. The summed E-state index contributed by atoms with van der Waals surface area (Å²) in [6, 6.07) is 11.3. The summed E-state index contributed by atoms with van der Waals surface area (Å²) >= 11 is 0. The predicted octanol–water partition coefficient (Wildman–Crippen LogP) is 3.82. The number of hydrogen-bond acceptors (Lipinski definition) is 3. The molecule has 2 N–H and O–H groups in total. The smallest absolute Gasteiger partial charge is 0.328 e. The van der Waals surface area contributed by atoms with E-state index in [1.54, 1.807) is 23.2 Å². The molecule has 1 fully saturated rings. The van der Waals surface area contributed by atoms with Gasteiger partial charge < -0.3 is 15.5 Å². The molecule has 0 unspecified atom stereocenters. The van der Waals surface area contributed by atoms with E-state index < -0.39 is 0 Å². The van der Waals surface area contributed by atoms with Gasteiger partial charge in [-0.15, -0.1) is 0 Å². The van der Waals surface area contributed by atoms with E-state index in [-0.39, 0.29) is 11.7 Å². The number of hydrogen-bond donors (Lipinski definition) is 2.